The Kier molecular flexibility index (Phi) is 2.70. The summed E-state index contributed by atoms with van der Waals surface area (Å²) in [6, 6.07) is 0.560. The normalized spacial score (nSPS) is 35.9. The molecule has 1 aromatic heterocycles. The Hall–Kier alpha value is -1.63. The highest BCUT2D eigenvalue weighted by Crippen LogP contribution is 2.34. The van der Waals surface area contributed by atoms with Crippen molar-refractivity contribution in [1.82, 2.24) is 20.4 Å². The van der Waals surface area contributed by atoms with Crippen molar-refractivity contribution in [2.24, 2.45) is 11.7 Å². The average Bonchev–Trinajstić information content (AvgIpc) is 2.95. The zero-order valence-corrected chi connectivity index (χ0v) is 11.3. The topological polar surface area (TPSA) is 97.3 Å². The second kappa shape index (κ2) is 4.44. The average molecular weight is 277 g/mol. The summed E-state index contributed by atoms with van der Waals surface area (Å²) >= 11 is 0. The van der Waals surface area contributed by atoms with Gasteiger partial charge in [0.05, 0.1) is 0 Å². The highest BCUT2D eigenvalue weighted by Gasteiger charge is 2.41. The van der Waals surface area contributed by atoms with Crippen LogP contribution in [0.5, 0.6) is 0 Å². The van der Waals surface area contributed by atoms with Crippen LogP contribution < -0.4 is 11.1 Å². The lowest BCUT2D eigenvalue weighted by Crippen LogP contribution is -2.37. The van der Waals surface area contributed by atoms with E-state index in [9.17, 15) is 4.79 Å². The molecule has 3 fully saturated rings. The van der Waals surface area contributed by atoms with Gasteiger partial charge in [-0.15, -0.1) is 10.2 Å². The molecular weight excluding hydrogens is 258 g/mol. The lowest BCUT2D eigenvalue weighted by Gasteiger charge is -2.31. The minimum Gasteiger partial charge on any atom is -0.423 e. The number of hydrogen-bond donors (Lipinski definition) is 2. The number of rotatable bonds is 3. The predicted molar refractivity (Wildman–Crippen MR) is 69.7 cm³/mol. The molecule has 3 N–H and O–H groups in total. The smallest absolute Gasteiger partial charge is 0.318 e. The monoisotopic (exact) mass is 277 g/mol. The molecule has 1 saturated carbocycles. The van der Waals surface area contributed by atoms with E-state index in [2.05, 4.69) is 15.5 Å². The maximum Gasteiger partial charge on any atom is 0.318 e. The first-order valence-corrected chi connectivity index (χ1v) is 7.34. The molecule has 2 bridgehead atoms. The first kappa shape index (κ1) is 12.1. The zero-order valence-electron chi connectivity index (χ0n) is 11.3. The molecular formula is C13H19N5O2. The number of amides is 2. The van der Waals surface area contributed by atoms with E-state index < -0.39 is 0 Å². The van der Waals surface area contributed by atoms with Crippen molar-refractivity contribution < 1.29 is 9.21 Å². The first-order valence-electron chi connectivity index (χ1n) is 7.34. The molecule has 0 spiro atoms. The summed E-state index contributed by atoms with van der Waals surface area (Å²) in [5, 5.41) is 11.2. The summed E-state index contributed by atoms with van der Waals surface area (Å²) in [6.45, 7) is 0.749. The van der Waals surface area contributed by atoms with E-state index >= 15 is 0 Å². The third kappa shape index (κ3) is 1.96. The molecule has 108 valence electrons. The van der Waals surface area contributed by atoms with Gasteiger partial charge in [-0.05, 0) is 31.6 Å². The van der Waals surface area contributed by atoms with Gasteiger partial charge < -0.3 is 20.4 Å². The summed E-state index contributed by atoms with van der Waals surface area (Å²) in [4.78, 5) is 13.6. The van der Waals surface area contributed by atoms with Gasteiger partial charge >= 0.3 is 6.03 Å². The zero-order chi connectivity index (χ0) is 13.7. The fraction of sp³-hybridized carbons (Fsp3) is 0.769. The Balaban J connectivity index is 1.46. The lowest BCUT2D eigenvalue weighted by atomic mass is 9.79. The van der Waals surface area contributed by atoms with Gasteiger partial charge in [-0.3, -0.25) is 0 Å². The summed E-state index contributed by atoms with van der Waals surface area (Å²) in [5.41, 5.74) is 5.78. The number of carbonyl (C=O) groups is 1. The molecule has 2 atom stereocenters. The molecule has 2 amide bonds. The van der Waals surface area contributed by atoms with Crippen LogP contribution in [0.4, 0.5) is 4.79 Å². The van der Waals surface area contributed by atoms with Gasteiger partial charge in [0.15, 0.2) is 0 Å². The van der Waals surface area contributed by atoms with Crippen molar-refractivity contribution >= 4 is 6.03 Å². The van der Waals surface area contributed by atoms with Crippen LogP contribution in [-0.4, -0.2) is 39.8 Å². The van der Waals surface area contributed by atoms with Crippen LogP contribution in [0.15, 0.2) is 4.42 Å². The molecule has 7 nitrogen and oxygen atoms in total. The van der Waals surface area contributed by atoms with Crippen molar-refractivity contribution in [3.05, 3.63) is 11.8 Å². The Morgan fingerprint density at radius 2 is 2.20 bits per heavy atom. The molecule has 2 saturated heterocycles. The van der Waals surface area contributed by atoms with Crippen molar-refractivity contribution in [1.29, 1.82) is 0 Å². The molecule has 0 unspecified atom stereocenters. The van der Waals surface area contributed by atoms with Crippen molar-refractivity contribution in [2.45, 2.75) is 50.2 Å². The molecule has 1 aromatic rings. The van der Waals surface area contributed by atoms with E-state index in [4.69, 9.17) is 10.2 Å². The van der Waals surface area contributed by atoms with E-state index in [-0.39, 0.29) is 18.1 Å². The van der Waals surface area contributed by atoms with Gasteiger partial charge in [0.1, 0.15) is 6.04 Å². The van der Waals surface area contributed by atoms with E-state index in [1.54, 1.807) is 0 Å². The van der Waals surface area contributed by atoms with E-state index in [1.165, 1.54) is 0 Å². The number of hydrogen-bond acceptors (Lipinski definition) is 5. The van der Waals surface area contributed by atoms with Gasteiger partial charge in [0.25, 0.3) is 0 Å². The number of nitrogens with zero attached hydrogens (tertiary/aromatic N) is 3. The molecule has 20 heavy (non-hydrogen) atoms. The Labute approximate surface area is 116 Å². The van der Waals surface area contributed by atoms with E-state index in [0.717, 1.165) is 38.6 Å². The molecule has 0 radical (unpaired) electrons. The van der Waals surface area contributed by atoms with Crippen LogP contribution in [0.2, 0.25) is 0 Å². The van der Waals surface area contributed by atoms with E-state index in [0.29, 0.717) is 23.7 Å². The van der Waals surface area contributed by atoms with Crippen molar-refractivity contribution in [3.8, 4) is 0 Å². The number of urea groups is 1. The minimum absolute atomic E-state index is 0.0118. The van der Waals surface area contributed by atoms with Crippen LogP contribution in [0.3, 0.4) is 0 Å². The third-order valence-electron chi connectivity index (χ3n) is 4.67. The second-order valence-electron chi connectivity index (χ2n) is 6.23. The quantitative estimate of drug-likeness (QED) is 0.842. The maximum absolute atomic E-state index is 11.8. The van der Waals surface area contributed by atoms with Crippen LogP contribution in [0, 0.1) is 5.92 Å². The summed E-state index contributed by atoms with van der Waals surface area (Å²) in [6.07, 6.45) is 4.75. The molecule has 0 aromatic carbocycles. The minimum atomic E-state index is -0.0568. The number of fused-ring (bicyclic) bond motifs is 2. The van der Waals surface area contributed by atoms with Crippen LogP contribution in [0.25, 0.3) is 0 Å². The van der Waals surface area contributed by atoms with Gasteiger partial charge in [-0.25, -0.2) is 4.79 Å². The molecule has 3 heterocycles. The van der Waals surface area contributed by atoms with Crippen LogP contribution in [0.1, 0.15) is 43.5 Å². The molecule has 1 aliphatic carbocycles. The number of aromatic nitrogens is 2. The molecule has 3 aliphatic rings. The lowest BCUT2D eigenvalue weighted by molar-refractivity contribution is 0.165. The molecule has 7 heteroatoms. The molecule has 2 aliphatic heterocycles. The maximum atomic E-state index is 11.8. The Morgan fingerprint density at radius 3 is 3.00 bits per heavy atom. The Morgan fingerprint density at radius 1 is 1.35 bits per heavy atom. The summed E-state index contributed by atoms with van der Waals surface area (Å²) < 4.78 is 5.78. The van der Waals surface area contributed by atoms with Crippen molar-refractivity contribution in [2.75, 3.05) is 6.54 Å². The first-order chi connectivity index (χ1) is 9.69. The van der Waals surface area contributed by atoms with Crippen LogP contribution in [-0.2, 0) is 6.42 Å². The van der Waals surface area contributed by atoms with Crippen LogP contribution >= 0.6 is 0 Å². The number of piperidine rings is 1. The van der Waals surface area contributed by atoms with Gasteiger partial charge in [-0.1, -0.05) is 0 Å². The standard InChI is InChI=1S/C13H19N5O2/c14-8-3-7(4-8)5-11-16-17-12(20-11)10-2-1-9-6-18(10)13(19)15-9/h7-10H,1-6,14H2,(H,15,19)/t7?,8?,9-,10+/m1/s1. The number of nitrogens with two attached hydrogens (primary N) is 1. The highest BCUT2D eigenvalue weighted by molar-refractivity contribution is 5.77. The summed E-state index contributed by atoms with van der Waals surface area (Å²) in [5.74, 6) is 1.84. The Bertz CT molecular complexity index is 525. The second-order valence-corrected chi connectivity index (χ2v) is 6.23. The van der Waals surface area contributed by atoms with E-state index in [1.807, 2.05) is 4.90 Å². The highest BCUT2D eigenvalue weighted by atomic mass is 16.4. The van der Waals surface area contributed by atoms with Gasteiger partial charge in [-0.2, -0.15) is 0 Å². The fourth-order valence-corrected chi connectivity index (χ4v) is 3.51. The third-order valence-corrected chi connectivity index (χ3v) is 4.67. The summed E-state index contributed by atoms with van der Waals surface area (Å²) in [7, 11) is 0. The van der Waals surface area contributed by atoms with Crippen molar-refractivity contribution in [3.63, 3.8) is 0 Å². The SMILES string of the molecule is NC1CC(Cc2nnc([C@@H]3CC[C@@H]4CN3C(=O)N4)o2)C1. The van der Waals surface area contributed by atoms with Gasteiger partial charge in [0, 0.05) is 25.0 Å². The fourth-order valence-electron chi connectivity index (χ4n) is 3.51. The predicted octanol–water partition coefficient (Wildman–Crippen LogP) is 0.578. The largest absolute Gasteiger partial charge is 0.423 e. The number of carbonyl (C=O) groups excluding carboxylic acids is 1. The van der Waals surface area contributed by atoms with Gasteiger partial charge in [0.2, 0.25) is 11.8 Å². The number of nitrogens with one attached hydrogen (secondary N) is 1. The molecule has 4 rings (SSSR count).